The molecule has 130 valence electrons. The number of aromatic nitrogens is 2. The van der Waals surface area contributed by atoms with Gasteiger partial charge in [0.2, 0.25) is 0 Å². The Bertz CT molecular complexity index is 827. The minimum absolute atomic E-state index is 0. The van der Waals surface area contributed by atoms with Crippen LogP contribution in [0.2, 0.25) is 0 Å². The highest BCUT2D eigenvalue weighted by Gasteiger charge is 2.13. The minimum atomic E-state index is -0.300. The Kier molecular flexibility index (Phi) is 6.37. The van der Waals surface area contributed by atoms with E-state index >= 15 is 0 Å². The third-order valence-corrected chi connectivity index (χ3v) is 3.99. The molecule has 0 N–H and O–H groups in total. The molecule has 1 aromatic heterocycles. The molecule has 2 aromatic carbocycles. The van der Waals surface area contributed by atoms with Crippen molar-refractivity contribution in [2.24, 2.45) is 0 Å². The number of carbonyl (C=O) groups is 1. The minimum Gasteiger partial charge on any atom is -1.00 e. The molecular formula is C20H21ClN2O2. The number of nitrogens with zero attached hydrogens (tertiary/aromatic N) is 2. The maximum Gasteiger partial charge on any atom is 0.308 e. The lowest BCUT2D eigenvalue weighted by molar-refractivity contribution is -0.693. The van der Waals surface area contributed by atoms with Gasteiger partial charge in [0.1, 0.15) is 31.2 Å². The first-order valence-electron chi connectivity index (χ1n) is 7.98. The molecule has 3 rings (SSSR count). The van der Waals surface area contributed by atoms with Gasteiger partial charge in [-0.3, -0.25) is 4.79 Å². The highest BCUT2D eigenvalue weighted by atomic mass is 35.5. The van der Waals surface area contributed by atoms with Crippen molar-refractivity contribution in [3.8, 4) is 5.75 Å². The summed E-state index contributed by atoms with van der Waals surface area (Å²) in [5.74, 6) is 1.48. The van der Waals surface area contributed by atoms with Crippen LogP contribution in [0.25, 0.3) is 0 Å². The van der Waals surface area contributed by atoms with Crippen LogP contribution in [0.5, 0.6) is 5.75 Å². The summed E-state index contributed by atoms with van der Waals surface area (Å²) in [5, 5.41) is 0. The van der Waals surface area contributed by atoms with Crippen LogP contribution in [0.4, 0.5) is 0 Å². The van der Waals surface area contributed by atoms with Crippen LogP contribution in [-0.4, -0.2) is 10.5 Å². The fourth-order valence-electron chi connectivity index (χ4n) is 2.68. The van der Waals surface area contributed by atoms with Crippen molar-refractivity contribution in [2.45, 2.75) is 26.9 Å². The number of ether oxygens (including phenoxy) is 1. The molecule has 0 amide bonds. The summed E-state index contributed by atoms with van der Waals surface area (Å²) in [6, 6.07) is 18.1. The predicted molar refractivity (Wildman–Crippen MR) is 91.8 cm³/mol. The van der Waals surface area contributed by atoms with E-state index in [0.29, 0.717) is 5.75 Å². The van der Waals surface area contributed by atoms with E-state index in [1.807, 2.05) is 30.3 Å². The second-order valence-corrected chi connectivity index (χ2v) is 5.82. The largest absolute Gasteiger partial charge is 1.00 e. The summed E-state index contributed by atoms with van der Waals surface area (Å²) < 4.78 is 9.51. The molecule has 0 atom stereocenters. The maximum atomic E-state index is 11.0. The lowest BCUT2D eigenvalue weighted by Gasteiger charge is -2.04. The van der Waals surface area contributed by atoms with Gasteiger partial charge in [0, 0.05) is 13.8 Å². The fourth-order valence-corrected chi connectivity index (χ4v) is 2.68. The quantitative estimate of drug-likeness (QED) is 0.369. The molecule has 0 radical (unpaired) electrons. The van der Waals surface area contributed by atoms with Crippen molar-refractivity contribution in [3.05, 3.63) is 83.9 Å². The number of esters is 1. The molecule has 0 saturated heterocycles. The summed E-state index contributed by atoms with van der Waals surface area (Å²) in [4.78, 5) is 11.0. The van der Waals surface area contributed by atoms with Gasteiger partial charge in [-0.15, -0.1) is 0 Å². The number of hydrogen-bond donors (Lipinski definition) is 0. The number of imidazole rings is 1. The average Bonchev–Trinajstić information content (AvgIpc) is 2.90. The highest BCUT2D eigenvalue weighted by molar-refractivity contribution is 5.69. The molecule has 1 heterocycles. The summed E-state index contributed by atoms with van der Waals surface area (Å²) in [6.45, 7) is 5.18. The zero-order chi connectivity index (χ0) is 16.9. The molecule has 0 unspecified atom stereocenters. The van der Waals surface area contributed by atoms with Crippen molar-refractivity contribution in [2.75, 3.05) is 0 Å². The summed E-state index contributed by atoms with van der Waals surface area (Å²) in [7, 11) is 0. The Balaban J connectivity index is 0.00000225. The molecule has 25 heavy (non-hydrogen) atoms. The number of halogens is 1. The van der Waals surface area contributed by atoms with Crippen molar-refractivity contribution >= 4 is 5.97 Å². The van der Waals surface area contributed by atoms with E-state index in [1.54, 1.807) is 0 Å². The molecule has 0 aliphatic carbocycles. The Labute approximate surface area is 154 Å². The van der Waals surface area contributed by atoms with Gasteiger partial charge in [0.25, 0.3) is 5.82 Å². The van der Waals surface area contributed by atoms with E-state index in [2.05, 4.69) is 52.7 Å². The van der Waals surface area contributed by atoms with E-state index in [1.165, 1.54) is 18.3 Å². The lowest BCUT2D eigenvalue weighted by Crippen LogP contribution is -3.00. The number of benzene rings is 2. The molecule has 0 aliphatic rings. The third-order valence-electron chi connectivity index (χ3n) is 3.99. The van der Waals surface area contributed by atoms with Gasteiger partial charge < -0.3 is 17.1 Å². The van der Waals surface area contributed by atoms with Crippen LogP contribution in [-0.2, 0) is 17.9 Å². The van der Waals surface area contributed by atoms with Crippen LogP contribution in [0.1, 0.15) is 23.9 Å². The molecule has 4 nitrogen and oxygen atoms in total. The predicted octanol–water partition coefficient (Wildman–Crippen LogP) is 0.110. The van der Waals surface area contributed by atoms with Gasteiger partial charge in [-0.1, -0.05) is 42.5 Å². The van der Waals surface area contributed by atoms with Crippen LogP contribution >= 0.6 is 0 Å². The second-order valence-electron chi connectivity index (χ2n) is 5.82. The normalized spacial score (nSPS) is 10.2. The van der Waals surface area contributed by atoms with Gasteiger partial charge >= 0.3 is 5.97 Å². The molecule has 0 spiro atoms. The van der Waals surface area contributed by atoms with Gasteiger partial charge in [-0.2, -0.15) is 0 Å². The average molecular weight is 357 g/mol. The Morgan fingerprint density at radius 2 is 1.72 bits per heavy atom. The summed E-state index contributed by atoms with van der Waals surface area (Å²) in [5.41, 5.74) is 2.45. The standard InChI is InChI=1S/C20H21N2O2.ClH/c1-16-21(14-18-6-4-3-5-7-18)12-13-22(16)15-19-8-10-20(11-9-19)24-17(2)23;/h3-13H,14-15H2,1-2H3;1H/q+1;/p-1. The van der Waals surface area contributed by atoms with E-state index in [9.17, 15) is 4.79 Å². The first kappa shape index (κ1) is 18.7. The van der Waals surface area contributed by atoms with E-state index in [-0.39, 0.29) is 18.4 Å². The molecule has 0 fully saturated rings. The molecule has 0 bridgehead atoms. The van der Waals surface area contributed by atoms with Crippen molar-refractivity contribution in [1.82, 2.24) is 4.57 Å². The zero-order valence-electron chi connectivity index (χ0n) is 14.4. The Morgan fingerprint density at radius 1 is 1.04 bits per heavy atom. The lowest BCUT2D eigenvalue weighted by atomic mass is 10.2. The summed E-state index contributed by atoms with van der Waals surface area (Å²) >= 11 is 0. The number of carbonyl (C=O) groups excluding carboxylic acids is 1. The first-order chi connectivity index (χ1) is 11.6. The smallest absolute Gasteiger partial charge is 0.308 e. The molecule has 0 aliphatic heterocycles. The fraction of sp³-hybridized carbons (Fsp3) is 0.200. The number of hydrogen-bond acceptors (Lipinski definition) is 2. The van der Waals surface area contributed by atoms with E-state index in [0.717, 1.165) is 18.7 Å². The van der Waals surface area contributed by atoms with Gasteiger partial charge in [0.05, 0.1) is 0 Å². The van der Waals surface area contributed by atoms with Gasteiger partial charge in [-0.25, -0.2) is 9.13 Å². The van der Waals surface area contributed by atoms with Crippen LogP contribution < -0.4 is 21.7 Å². The van der Waals surface area contributed by atoms with Crippen molar-refractivity contribution in [1.29, 1.82) is 0 Å². The molecule has 5 heteroatoms. The number of rotatable bonds is 5. The van der Waals surface area contributed by atoms with E-state index < -0.39 is 0 Å². The second kappa shape index (κ2) is 8.49. The topological polar surface area (TPSA) is 35.1 Å². The highest BCUT2D eigenvalue weighted by Crippen LogP contribution is 2.13. The SMILES string of the molecule is CC(=O)Oc1ccc(Cn2cc[n+](Cc3ccccc3)c2C)cc1.[Cl-]. The monoisotopic (exact) mass is 356 g/mol. The van der Waals surface area contributed by atoms with E-state index in [4.69, 9.17) is 4.74 Å². The maximum absolute atomic E-state index is 11.0. The Hall–Kier alpha value is -2.59. The van der Waals surface area contributed by atoms with Crippen molar-refractivity contribution < 1.29 is 26.5 Å². The van der Waals surface area contributed by atoms with Gasteiger partial charge in [-0.05, 0) is 23.3 Å². The van der Waals surface area contributed by atoms with Crippen LogP contribution in [0.15, 0.2) is 67.0 Å². The summed E-state index contributed by atoms with van der Waals surface area (Å²) in [6.07, 6.45) is 4.20. The Morgan fingerprint density at radius 3 is 2.36 bits per heavy atom. The first-order valence-corrected chi connectivity index (χ1v) is 7.98. The molecule has 0 saturated carbocycles. The molecular weight excluding hydrogens is 336 g/mol. The van der Waals surface area contributed by atoms with Gasteiger partial charge in [0.15, 0.2) is 0 Å². The van der Waals surface area contributed by atoms with Crippen LogP contribution in [0, 0.1) is 6.92 Å². The van der Waals surface area contributed by atoms with Crippen LogP contribution in [0.3, 0.4) is 0 Å². The molecule has 3 aromatic rings. The zero-order valence-corrected chi connectivity index (χ0v) is 15.1. The van der Waals surface area contributed by atoms with Crippen molar-refractivity contribution in [3.63, 3.8) is 0 Å². The third kappa shape index (κ3) is 4.94.